The van der Waals surface area contributed by atoms with E-state index in [0.717, 1.165) is 43.1 Å². The highest BCUT2D eigenvalue weighted by Gasteiger charge is 2.26. The zero-order chi connectivity index (χ0) is 81.2. The van der Waals surface area contributed by atoms with Crippen molar-refractivity contribution in [3.8, 4) is 0 Å². The molecule has 0 radical (unpaired) electrons. The summed E-state index contributed by atoms with van der Waals surface area (Å²) in [5.74, 6) is 2.07. The third kappa shape index (κ3) is 35.9. The van der Waals surface area contributed by atoms with Crippen LogP contribution in [0.15, 0.2) is 53.4 Å². The number of allylic oxidation sites excluding steroid dienone is 2. The minimum Gasteiger partial charge on any atom is -0.346 e. The van der Waals surface area contributed by atoms with E-state index in [4.69, 9.17) is 0 Å². The van der Waals surface area contributed by atoms with Crippen molar-refractivity contribution >= 4 is 85.1 Å². The van der Waals surface area contributed by atoms with Gasteiger partial charge in [0.25, 0.3) is 0 Å². The number of aliphatic imine (C=N–C) groups is 1. The molecule has 0 amide bonds. The first kappa shape index (κ1) is 97.2. The maximum absolute atomic E-state index is 4.50. The van der Waals surface area contributed by atoms with Gasteiger partial charge in [0, 0.05) is 130 Å². The molecule has 13 nitrogen and oxygen atoms in total. The number of hydrogen-bond donors (Lipinski definition) is 1. The van der Waals surface area contributed by atoms with Crippen LogP contribution in [0.1, 0.15) is 332 Å². The van der Waals surface area contributed by atoms with Crippen molar-refractivity contribution in [2.45, 2.75) is 353 Å². The Morgan fingerprint density at radius 3 is 0.942 bits per heavy atom. The molecule has 0 saturated carbocycles. The molecule has 10 rings (SSSR count). The van der Waals surface area contributed by atoms with Gasteiger partial charge in [-0.05, 0) is 123 Å². The highest BCUT2D eigenvalue weighted by atomic mass is 32.1. The molecule has 9 aromatic rings. The number of aromatic amines is 1. The lowest BCUT2D eigenvalue weighted by atomic mass is 9.84. The fourth-order valence-corrected chi connectivity index (χ4v) is 15.1. The summed E-state index contributed by atoms with van der Waals surface area (Å²) in [6, 6.07) is 0. The quantitative estimate of drug-likeness (QED) is 0.155. The average Bonchev–Trinajstić information content (AvgIpc) is 1.69. The lowest BCUT2D eigenvalue weighted by Gasteiger charge is -2.20. The van der Waals surface area contributed by atoms with E-state index < -0.39 is 0 Å². The number of thiazole rings is 6. The molecule has 9 aromatic heterocycles. The lowest BCUT2D eigenvalue weighted by molar-refractivity contribution is 0.494. The SMILES string of the molecule is CC1=NC(C)=C(C(C)(C)C)C1.Cc1cnc(C(C)(C)C)s1.Cc1nc(C(C)(C)C)sc1C.Cc1nc(C)c(C(C)(C)C)s1.Cc1ncc(C(C)(C)C)[nH]1.Cc1ncc(C(C)(C)C)n1C.Cc1ncc(C(C)(C)C)s1.Cc1ncc(C(C)(C)C)s1.Cc1ncc(C(C)(C)C)s1.Cc1nnc(C(C)(C)C)s1. The van der Waals surface area contributed by atoms with Crippen LogP contribution in [0.3, 0.4) is 0 Å². The van der Waals surface area contributed by atoms with Crippen LogP contribution in [0, 0.1) is 81.6 Å². The summed E-state index contributed by atoms with van der Waals surface area (Å²) < 4.78 is 2.14. The number of hydrogen-bond acceptors (Lipinski definition) is 18. The molecule has 20 heteroatoms. The van der Waals surface area contributed by atoms with Gasteiger partial charge in [-0.2, -0.15) is 0 Å². The maximum atomic E-state index is 4.50. The summed E-state index contributed by atoms with van der Waals surface area (Å²) >= 11 is 12.4. The highest BCUT2D eigenvalue weighted by molar-refractivity contribution is 7.13. The molecule has 0 spiro atoms. The molecule has 10 heterocycles. The highest BCUT2D eigenvalue weighted by Crippen LogP contribution is 2.36. The van der Waals surface area contributed by atoms with Crippen LogP contribution in [0.2, 0.25) is 0 Å². The standard InChI is InChI=1S/C10H17N.C9H16N2.2C9H15NS.C8H14N2.4C8H13NS.C7H12N2S/c1-7-6-9(8(2)11-7)10(3,4)5;1-7-10-6-8(11(7)5)9(2,3)4;1-6-8(9(3,4)5)11-7(2)10-6;1-6-7(2)11-8(10-6)9(3,4)5;4*1-6-9-5-7(10-6)8(2,3)4;1-6-5-9-7(10-6)8(2,3)4;1-5-8-9-6(10-5)7(2,3)4/h6H2,1-5H3;6H,1-5H3;2*1-5H3;5H,1-4H3,(H,9,10);4*5H,1-4H3;1-4H3. The van der Waals surface area contributed by atoms with E-state index in [1.807, 2.05) is 101 Å². The van der Waals surface area contributed by atoms with E-state index in [-0.39, 0.29) is 48.7 Å². The molecule has 0 atom stereocenters. The van der Waals surface area contributed by atoms with Crippen LogP contribution < -0.4 is 0 Å². The van der Waals surface area contributed by atoms with Crippen molar-refractivity contribution in [3.63, 3.8) is 0 Å². The van der Waals surface area contributed by atoms with Crippen molar-refractivity contribution in [2.24, 2.45) is 17.5 Å². The Hall–Kier alpha value is -4.83. The zero-order valence-corrected chi connectivity index (χ0v) is 79.1. The molecule has 1 aliphatic heterocycles. The predicted molar refractivity (Wildman–Crippen MR) is 465 cm³/mol. The smallest absolute Gasteiger partial charge is 0.122 e. The van der Waals surface area contributed by atoms with Gasteiger partial charge >= 0.3 is 0 Å². The molecule has 1 aliphatic rings. The normalized spacial score (nSPS) is 12.8. The second kappa shape index (κ2) is 39.5. The summed E-state index contributed by atoms with van der Waals surface area (Å²) in [7, 11) is 2.06. The van der Waals surface area contributed by atoms with Gasteiger partial charge in [-0.1, -0.05) is 208 Å². The van der Waals surface area contributed by atoms with Crippen LogP contribution in [0.25, 0.3) is 0 Å². The predicted octanol–water partition coefficient (Wildman–Crippen LogP) is 26.5. The summed E-state index contributed by atoms with van der Waals surface area (Å²) in [5.41, 5.74) is 11.2. The number of nitrogens with zero attached hydrogens (tertiary/aromatic N) is 12. The molecule has 584 valence electrons. The van der Waals surface area contributed by atoms with Crippen molar-refractivity contribution in [3.05, 3.63) is 152 Å². The van der Waals surface area contributed by atoms with Gasteiger partial charge in [-0.3, -0.25) is 4.99 Å². The van der Waals surface area contributed by atoms with Crippen molar-refractivity contribution < 1.29 is 0 Å². The molecular weight excluding hydrogens is 1420 g/mol. The first-order valence-corrected chi connectivity index (χ1v) is 42.0. The monoisotopic (exact) mass is 1560 g/mol. The summed E-state index contributed by atoms with van der Waals surface area (Å²) in [6.45, 7) is 92.7. The largest absolute Gasteiger partial charge is 0.346 e. The summed E-state index contributed by atoms with van der Waals surface area (Å²) in [5, 5.41) is 17.3. The van der Waals surface area contributed by atoms with E-state index in [0.29, 0.717) is 5.41 Å². The number of rotatable bonds is 0. The van der Waals surface area contributed by atoms with Gasteiger partial charge in [-0.25, -0.2) is 39.9 Å². The van der Waals surface area contributed by atoms with Crippen LogP contribution in [-0.4, -0.2) is 65.3 Å². The van der Waals surface area contributed by atoms with Gasteiger partial charge in [-0.15, -0.1) is 89.6 Å². The Bertz CT molecular complexity index is 3620. The van der Waals surface area contributed by atoms with Crippen LogP contribution in [0.5, 0.6) is 0 Å². The molecule has 1 N–H and O–H groups in total. The molecule has 0 bridgehead atoms. The van der Waals surface area contributed by atoms with Crippen molar-refractivity contribution in [1.82, 2.24) is 59.6 Å². The summed E-state index contributed by atoms with van der Waals surface area (Å²) in [6.07, 6.45) is 12.8. The van der Waals surface area contributed by atoms with Crippen molar-refractivity contribution in [2.75, 3.05) is 0 Å². The fraction of sp³-hybridized carbons (Fsp3) is 0.655. The first-order valence-electron chi connectivity index (χ1n) is 36.3. The molecular formula is C84H141N13S7. The van der Waals surface area contributed by atoms with Gasteiger partial charge in [0.15, 0.2) is 0 Å². The first-order chi connectivity index (χ1) is 46.6. The number of aryl methyl sites for hydroxylation is 11. The van der Waals surface area contributed by atoms with Gasteiger partial charge < -0.3 is 9.55 Å². The molecule has 0 saturated heterocycles. The number of nitrogens with one attached hydrogen (secondary N) is 1. The minimum absolute atomic E-state index is 0.159. The van der Waals surface area contributed by atoms with Crippen LogP contribution in [-0.2, 0) is 55.8 Å². The molecule has 0 aromatic carbocycles. The van der Waals surface area contributed by atoms with Gasteiger partial charge in [0.2, 0.25) is 0 Å². The Morgan fingerprint density at radius 2 is 0.788 bits per heavy atom. The second-order valence-corrected chi connectivity index (χ2v) is 45.7. The third-order valence-electron chi connectivity index (χ3n) is 15.4. The topological polar surface area (TPSA) is 162 Å². The molecule has 0 unspecified atom stereocenters. The lowest BCUT2D eigenvalue weighted by Crippen LogP contribution is -2.16. The molecule has 0 aliphatic carbocycles. The fourth-order valence-electron chi connectivity index (χ4n) is 9.03. The van der Waals surface area contributed by atoms with Crippen LogP contribution >= 0.6 is 79.4 Å². The number of H-pyrrole nitrogens is 1. The Morgan fingerprint density at radius 1 is 0.346 bits per heavy atom. The molecule has 104 heavy (non-hydrogen) atoms. The van der Waals surface area contributed by atoms with Gasteiger partial charge in [0.05, 0.1) is 41.4 Å². The van der Waals surface area contributed by atoms with Crippen LogP contribution in [0.4, 0.5) is 0 Å². The Kier molecular flexibility index (Phi) is 36.9. The second-order valence-electron chi connectivity index (χ2n) is 37.2. The van der Waals surface area contributed by atoms with E-state index in [2.05, 4.69) is 328 Å². The van der Waals surface area contributed by atoms with E-state index in [1.54, 1.807) is 56.7 Å². The van der Waals surface area contributed by atoms with E-state index >= 15 is 0 Å². The molecule has 0 fully saturated rings. The average molecular weight is 1560 g/mol. The number of aromatic nitrogens is 12. The maximum Gasteiger partial charge on any atom is 0.122 e. The Labute approximate surface area is 662 Å². The van der Waals surface area contributed by atoms with E-state index in [1.165, 1.54) is 84.0 Å². The van der Waals surface area contributed by atoms with Crippen molar-refractivity contribution in [1.29, 1.82) is 0 Å². The minimum atomic E-state index is 0.159. The third-order valence-corrected chi connectivity index (χ3v) is 25.0. The Balaban J connectivity index is 0.000000578. The zero-order valence-electron chi connectivity index (χ0n) is 73.4. The van der Waals surface area contributed by atoms with E-state index in [9.17, 15) is 0 Å². The number of imidazole rings is 2. The summed E-state index contributed by atoms with van der Waals surface area (Å²) in [4.78, 5) is 50.0. The van der Waals surface area contributed by atoms with Gasteiger partial charge in [0.1, 0.15) is 21.7 Å².